The molecule has 2 heterocycles. The van der Waals surface area contributed by atoms with Crippen LogP contribution in [-0.4, -0.2) is 36.1 Å². The third kappa shape index (κ3) is 2.25. The van der Waals surface area contributed by atoms with E-state index in [1.807, 2.05) is 18.3 Å². The second kappa shape index (κ2) is 4.28. The summed E-state index contributed by atoms with van der Waals surface area (Å²) in [4.78, 5) is 6.62. The molecule has 0 amide bonds. The molecule has 76 valence electrons. The second-order valence-electron chi connectivity index (χ2n) is 3.73. The van der Waals surface area contributed by atoms with Gasteiger partial charge in [0.05, 0.1) is 4.47 Å². The van der Waals surface area contributed by atoms with Gasteiger partial charge in [-0.2, -0.15) is 0 Å². The van der Waals surface area contributed by atoms with E-state index in [0.717, 1.165) is 16.8 Å². The van der Waals surface area contributed by atoms with Gasteiger partial charge in [0.1, 0.15) is 5.82 Å². The zero-order valence-corrected chi connectivity index (χ0v) is 9.79. The SMILES string of the molecule is CN1CCC(Nc2ncccc2Br)C1. The molecule has 1 N–H and O–H groups in total. The van der Waals surface area contributed by atoms with Crippen LogP contribution in [0.25, 0.3) is 0 Å². The Labute approximate surface area is 92.6 Å². The molecule has 1 aromatic rings. The fourth-order valence-electron chi connectivity index (χ4n) is 1.74. The van der Waals surface area contributed by atoms with Crippen molar-refractivity contribution in [3.8, 4) is 0 Å². The van der Waals surface area contributed by atoms with Crippen LogP contribution in [0.5, 0.6) is 0 Å². The summed E-state index contributed by atoms with van der Waals surface area (Å²) in [6, 6.07) is 4.47. The lowest BCUT2D eigenvalue weighted by Crippen LogP contribution is -2.24. The van der Waals surface area contributed by atoms with E-state index in [1.165, 1.54) is 13.0 Å². The number of nitrogens with zero attached hydrogens (tertiary/aromatic N) is 2. The van der Waals surface area contributed by atoms with E-state index in [4.69, 9.17) is 0 Å². The Morgan fingerprint density at radius 3 is 3.14 bits per heavy atom. The van der Waals surface area contributed by atoms with Crippen molar-refractivity contribution < 1.29 is 0 Å². The van der Waals surface area contributed by atoms with E-state index < -0.39 is 0 Å². The van der Waals surface area contributed by atoms with Gasteiger partial charge in [0.15, 0.2) is 0 Å². The molecular formula is C10H14BrN3. The van der Waals surface area contributed by atoms with E-state index in [9.17, 15) is 0 Å². The van der Waals surface area contributed by atoms with Gasteiger partial charge in [-0.1, -0.05) is 0 Å². The summed E-state index contributed by atoms with van der Waals surface area (Å²) >= 11 is 3.48. The smallest absolute Gasteiger partial charge is 0.140 e. The number of likely N-dealkylation sites (tertiary alicyclic amines) is 1. The molecule has 1 fully saturated rings. The predicted molar refractivity (Wildman–Crippen MR) is 61.5 cm³/mol. The molecule has 2 rings (SSSR count). The molecule has 1 aliphatic heterocycles. The Morgan fingerprint density at radius 1 is 1.64 bits per heavy atom. The molecular weight excluding hydrogens is 242 g/mol. The first-order valence-electron chi connectivity index (χ1n) is 4.81. The topological polar surface area (TPSA) is 28.2 Å². The van der Waals surface area contributed by atoms with Crippen molar-refractivity contribution in [3.05, 3.63) is 22.8 Å². The lowest BCUT2D eigenvalue weighted by molar-refractivity contribution is 0.414. The van der Waals surface area contributed by atoms with Crippen LogP contribution >= 0.6 is 15.9 Å². The number of hydrogen-bond donors (Lipinski definition) is 1. The summed E-state index contributed by atoms with van der Waals surface area (Å²) in [5.74, 6) is 0.952. The first-order chi connectivity index (χ1) is 6.75. The maximum Gasteiger partial charge on any atom is 0.140 e. The Kier molecular flexibility index (Phi) is 3.03. The minimum atomic E-state index is 0.534. The van der Waals surface area contributed by atoms with Crippen molar-refractivity contribution in [2.45, 2.75) is 12.5 Å². The number of rotatable bonds is 2. The van der Waals surface area contributed by atoms with E-state index in [2.05, 4.69) is 38.2 Å². The zero-order valence-electron chi connectivity index (χ0n) is 8.20. The molecule has 0 radical (unpaired) electrons. The maximum atomic E-state index is 4.29. The van der Waals surface area contributed by atoms with Crippen LogP contribution in [0.3, 0.4) is 0 Å². The molecule has 1 saturated heterocycles. The van der Waals surface area contributed by atoms with Gasteiger partial charge in [-0.15, -0.1) is 0 Å². The molecule has 0 spiro atoms. The summed E-state index contributed by atoms with van der Waals surface area (Å²) in [6.07, 6.45) is 3.01. The first-order valence-corrected chi connectivity index (χ1v) is 5.60. The third-order valence-electron chi connectivity index (χ3n) is 2.49. The van der Waals surface area contributed by atoms with Gasteiger partial charge in [0.2, 0.25) is 0 Å². The highest BCUT2D eigenvalue weighted by molar-refractivity contribution is 9.10. The number of hydrogen-bond acceptors (Lipinski definition) is 3. The van der Waals surface area contributed by atoms with Gasteiger partial charge >= 0.3 is 0 Å². The van der Waals surface area contributed by atoms with Crippen molar-refractivity contribution >= 4 is 21.7 Å². The van der Waals surface area contributed by atoms with Crippen LogP contribution in [0.4, 0.5) is 5.82 Å². The molecule has 0 aliphatic carbocycles. The van der Waals surface area contributed by atoms with E-state index in [1.54, 1.807) is 0 Å². The quantitative estimate of drug-likeness (QED) is 0.876. The van der Waals surface area contributed by atoms with Crippen LogP contribution in [0.2, 0.25) is 0 Å². The molecule has 14 heavy (non-hydrogen) atoms. The fourth-order valence-corrected chi connectivity index (χ4v) is 2.11. The average Bonchev–Trinajstić information content (AvgIpc) is 2.56. The highest BCUT2D eigenvalue weighted by atomic mass is 79.9. The number of nitrogens with one attached hydrogen (secondary N) is 1. The van der Waals surface area contributed by atoms with E-state index >= 15 is 0 Å². The number of halogens is 1. The lowest BCUT2D eigenvalue weighted by atomic mass is 10.2. The van der Waals surface area contributed by atoms with Crippen LogP contribution in [0, 0.1) is 0 Å². The van der Waals surface area contributed by atoms with Gasteiger partial charge < -0.3 is 10.2 Å². The lowest BCUT2D eigenvalue weighted by Gasteiger charge is -2.14. The van der Waals surface area contributed by atoms with Crippen molar-refractivity contribution in [3.63, 3.8) is 0 Å². The van der Waals surface area contributed by atoms with Crippen LogP contribution in [0.1, 0.15) is 6.42 Å². The van der Waals surface area contributed by atoms with E-state index in [0.29, 0.717) is 6.04 Å². The third-order valence-corrected chi connectivity index (χ3v) is 3.13. The molecule has 0 bridgehead atoms. The highest BCUT2D eigenvalue weighted by Crippen LogP contribution is 2.21. The van der Waals surface area contributed by atoms with Crippen LogP contribution < -0.4 is 5.32 Å². The Morgan fingerprint density at radius 2 is 2.50 bits per heavy atom. The minimum Gasteiger partial charge on any atom is -0.365 e. The van der Waals surface area contributed by atoms with Crippen LogP contribution in [-0.2, 0) is 0 Å². The predicted octanol–water partition coefficient (Wildman–Crippen LogP) is 1.96. The second-order valence-corrected chi connectivity index (χ2v) is 4.58. The molecule has 1 aromatic heterocycles. The molecule has 3 nitrogen and oxygen atoms in total. The number of likely N-dealkylation sites (N-methyl/N-ethyl adjacent to an activating group) is 1. The van der Waals surface area contributed by atoms with Gasteiger partial charge in [-0.3, -0.25) is 0 Å². The molecule has 4 heteroatoms. The summed E-state index contributed by atoms with van der Waals surface area (Å²) in [6.45, 7) is 2.27. The Hall–Kier alpha value is -0.610. The van der Waals surface area contributed by atoms with Gasteiger partial charge in [-0.05, 0) is 48.1 Å². The number of pyridine rings is 1. The number of anilines is 1. The standard InChI is InChI=1S/C10H14BrN3/c1-14-6-4-8(7-14)13-10-9(11)3-2-5-12-10/h2-3,5,8H,4,6-7H2,1H3,(H,12,13). The van der Waals surface area contributed by atoms with E-state index in [-0.39, 0.29) is 0 Å². The number of aromatic nitrogens is 1. The minimum absolute atomic E-state index is 0.534. The first kappa shape index (κ1) is 9.93. The largest absolute Gasteiger partial charge is 0.365 e. The fraction of sp³-hybridized carbons (Fsp3) is 0.500. The highest BCUT2D eigenvalue weighted by Gasteiger charge is 2.19. The van der Waals surface area contributed by atoms with Crippen molar-refractivity contribution in [1.82, 2.24) is 9.88 Å². The monoisotopic (exact) mass is 255 g/mol. The average molecular weight is 256 g/mol. The van der Waals surface area contributed by atoms with Crippen LogP contribution in [0.15, 0.2) is 22.8 Å². The molecule has 1 unspecified atom stereocenters. The summed E-state index contributed by atoms with van der Waals surface area (Å²) in [5, 5.41) is 3.44. The normalized spacial score (nSPS) is 22.6. The van der Waals surface area contributed by atoms with Crippen molar-refractivity contribution in [2.75, 3.05) is 25.5 Å². The Bertz CT molecular complexity index is 316. The molecule has 1 aliphatic rings. The van der Waals surface area contributed by atoms with Crippen molar-refractivity contribution in [1.29, 1.82) is 0 Å². The summed E-state index contributed by atoms with van der Waals surface area (Å²) in [5.41, 5.74) is 0. The van der Waals surface area contributed by atoms with Gasteiger partial charge in [0.25, 0.3) is 0 Å². The zero-order chi connectivity index (χ0) is 9.97. The maximum absolute atomic E-state index is 4.29. The summed E-state index contributed by atoms with van der Waals surface area (Å²) < 4.78 is 1.04. The molecule has 0 aromatic carbocycles. The van der Waals surface area contributed by atoms with Gasteiger partial charge in [-0.25, -0.2) is 4.98 Å². The van der Waals surface area contributed by atoms with Crippen molar-refractivity contribution in [2.24, 2.45) is 0 Å². The summed E-state index contributed by atoms with van der Waals surface area (Å²) in [7, 11) is 2.15. The molecule has 1 atom stereocenters. The molecule has 0 saturated carbocycles. The van der Waals surface area contributed by atoms with Gasteiger partial charge in [0, 0.05) is 18.8 Å². The Balaban J connectivity index is 2.01.